The highest BCUT2D eigenvalue weighted by molar-refractivity contribution is 7.92. The van der Waals surface area contributed by atoms with Gasteiger partial charge in [0.2, 0.25) is 0 Å². The number of nitrogens with zero attached hydrogens (tertiary/aromatic N) is 3. The summed E-state index contributed by atoms with van der Waals surface area (Å²) in [7, 11) is -3.78. The molecule has 2 heterocycles. The molecule has 0 unspecified atom stereocenters. The summed E-state index contributed by atoms with van der Waals surface area (Å²) >= 11 is 1.25. The average Bonchev–Trinajstić information content (AvgIpc) is 3.51. The number of sulfonamides is 1. The molecule has 0 saturated heterocycles. The SMILES string of the molecule is CCOC(=O)Cn1c(=NC(=O)c2ccc(S(=O)(=O)N3CCc4ccccc43)cc2)sc2cc(OCC)ccc21. The first-order chi connectivity index (χ1) is 18.8. The summed E-state index contributed by atoms with van der Waals surface area (Å²) in [5, 5.41) is 0. The van der Waals surface area contributed by atoms with Crippen LogP contribution in [0.4, 0.5) is 5.69 Å². The van der Waals surface area contributed by atoms with Crippen LogP contribution < -0.4 is 13.8 Å². The topological polar surface area (TPSA) is 107 Å². The lowest BCUT2D eigenvalue weighted by atomic mass is 10.2. The van der Waals surface area contributed by atoms with Crippen molar-refractivity contribution in [2.75, 3.05) is 24.1 Å². The Bertz CT molecular complexity index is 1720. The van der Waals surface area contributed by atoms with E-state index in [1.54, 1.807) is 23.6 Å². The van der Waals surface area contributed by atoms with Crippen molar-refractivity contribution in [3.8, 4) is 5.75 Å². The van der Waals surface area contributed by atoms with Crippen molar-refractivity contribution in [2.45, 2.75) is 31.7 Å². The molecule has 4 aromatic rings. The number of thiazole rings is 1. The van der Waals surface area contributed by atoms with Gasteiger partial charge in [-0.1, -0.05) is 29.5 Å². The number of hydrogen-bond acceptors (Lipinski definition) is 7. The second kappa shape index (κ2) is 11.0. The van der Waals surface area contributed by atoms with Crippen LogP contribution in [0.1, 0.15) is 29.8 Å². The molecule has 0 atom stereocenters. The molecule has 1 aliphatic rings. The third-order valence-corrected chi connectivity index (χ3v) is 9.16. The zero-order valence-corrected chi connectivity index (χ0v) is 23.1. The fourth-order valence-electron chi connectivity index (χ4n) is 4.49. The number of para-hydroxylation sites is 1. The van der Waals surface area contributed by atoms with E-state index in [4.69, 9.17) is 9.47 Å². The molecule has 1 aromatic heterocycles. The van der Waals surface area contributed by atoms with E-state index in [1.807, 2.05) is 37.3 Å². The molecule has 202 valence electrons. The van der Waals surface area contributed by atoms with E-state index < -0.39 is 21.9 Å². The van der Waals surface area contributed by atoms with Gasteiger partial charge in [-0.25, -0.2) is 8.42 Å². The molecule has 0 bridgehead atoms. The maximum absolute atomic E-state index is 13.3. The summed E-state index contributed by atoms with van der Waals surface area (Å²) in [6.07, 6.45) is 0.651. The van der Waals surface area contributed by atoms with Crippen molar-refractivity contribution >= 4 is 49.1 Å². The first kappa shape index (κ1) is 26.6. The molecule has 5 rings (SSSR count). The van der Waals surface area contributed by atoms with E-state index in [0.29, 0.717) is 35.8 Å². The number of esters is 1. The lowest BCUT2D eigenvalue weighted by Crippen LogP contribution is -2.29. The molecular formula is C28H27N3O6S2. The van der Waals surface area contributed by atoms with Gasteiger partial charge >= 0.3 is 5.97 Å². The number of carbonyl (C=O) groups excluding carboxylic acids is 2. The van der Waals surface area contributed by atoms with Crippen LogP contribution in [0.15, 0.2) is 76.6 Å². The van der Waals surface area contributed by atoms with Gasteiger partial charge in [-0.15, -0.1) is 0 Å². The minimum Gasteiger partial charge on any atom is -0.494 e. The number of benzene rings is 3. The zero-order valence-electron chi connectivity index (χ0n) is 21.5. The van der Waals surface area contributed by atoms with Crippen molar-refractivity contribution in [1.29, 1.82) is 0 Å². The van der Waals surface area contributed by atoms with Gasteiger partial charge in [0.1, 0.15) is 12.3 Å². The predicted molar refractivity (Wildman–Crippen MR) is 149 cm³/mol. The van der Waals surface area contributed by atoms with Gasteiger partial charge in [-0.2, -0.15) is 4.99 Å². The van der Waals surface area contributed by atoms with Crippen molar-refractivity contribution in [2.24, 2.45) is 4.99 Å². The summed E-state index contributed by atoms with van der Waals surface area (Å²) < 4.78 is 41.1. The Morgan fingerprint density at radius 3 is 2.51 bits per heavy atom. The monoisotopic (exact) mass is 565 g/mol. The summed E-state index contributed by atoms with van der Waals surface area (Å²) in [4.78, 5) is 30.1. The predicted octanol–water partition coefficient (Wildman–Crippen LogP) is 4.16. The van der Waals surface area contributed by atoms with Gasteiger partial charge in [-0.05, 0) is 74.4 Å². The summed E-state index contributed by atoms with van der Waals surface area (Å²) in [5.41, 5.74) is 2.61. The summed E-state index contributed by atoms with van der Waals surface area (Å²) in [6.45, 7) is 4.62. The van der Waals surface area contributed by atoms with E-state index in [1.165, 1.54) is 39.9 Å². The Balaban J connectivity index is 1.46. The summed E-state index contributed by atoms with van der Waals surface area (Å²) in [5.74, 6) is -0.331. The minimum absolute atomic E-state index is 0.0958. The normalized spacial score (nSPS) is 13.5. The van der Waals surface area contributed by atoms with Gasteiger partial charge in [-0.3, -0.25) is 13.9 Å². The van der Waals surface area contributed by atoms with Crippen LogP contribution in [-0.2, 0) is 32.5 Å². The number of anilines is 1. The van der Waals surface area contributed by atoms with E-state index in [2.05, 4.69) is 4.99 Å². The molecule has 1 aliphatic heterocycles. The number of fused-ring (bicyclic) bond motifs is 2. The fraction of sp³-hybridized carbons (Fsp3) is 0.250. The lowest BCUT2D eigenvalue weighted by Gasteiger charge is -2.19. The van der Waals surface area contributed by atoms with Gasteiger partial charge in [0.15, 0.2) is 4.80 Å². The number of carbonyl (C=O) groups is 2. The third-order valence-electron chi connectivity index (χ3n) is 6.29. The molecule has 0 fully saturated rings. The van der Waals surface area contributed by atoms with Crippen LogP contribution in [0.25, 0.3) is 10.2 Å². The molecule has 1 amide bonds. The van der Waals surface area contributed by atoms with Crippen molar-refractivity contribution in [3.63, 3.8) is 0 Å². The Kier molecular flexibility index (Phi) is 7.53. The minimum atomic E-state index is -3.78. The molecule has 3 aromatic carbocycles. The zero-order chi connectivity index (χ0) is 27.6. The highest BCUT2D eigenvalue weighted by atomic mass is 32.2. The first-order valence-electron chi connectivity index (χ1n) is 12.5. The van der Waals surface area contributed by atoms with Crippen LogP contribution in [0, 0.1) is 0 Å². The largest absolute Gasteiger partial charge is 0.494 e. The maximum atomic E-state index is 13.3. The van der Waals surface area contributed by atoms with Gasteiger partial charge in [0, 0.05) is 12.1 Å². The Morgan fingerprint density at radius 2 is 1.77 bits per heavy atom. The molecular weight excluding hydrogens is 538 g/mol. The fourth-order valence-corrected chi connectivity index (χ4v) is 7.05. The first-order valence-corrected chi connectivity index (χ1v) is 14.8. The van der Waals surface area contributed by atoms with Gasteiger partial charge in [0.25, 0.3) is 15.9 Å². The second-order valence-electron chi connectivity index (χ2n) is 8.74. The second-order valence-corrected chi connectivity index (χ2v) is 11.6. The molecule has 0 aliphatic carbocycles. The number of aromatic nitrogens is 1. The molecule has 0 saturated carbocycles. The van der Waals surface area contributed by atoms with Crippen molar-refractivity contribution in [1.82, 2.24) is 4.57 Å². The van der Waals surface area contributed by atoms with E-state index in [0.717, 1.165) is 15.8 Å². The average molecular weight is 566 g/mol. The maximum Gasteiger partial charge on any atom is 0.326 e. The van der Waals surface area contributed by atoms with E-state index >= 15 is 0 Å². The molecule has 0 spiro atoms. The van der Waals surface area contributed by atoms with Gasteiger partial charge in [0.05, 0.1) is 34.0 Å². The number of hydrogen-bond donors (Lipinski definition) is 0. The highest BCUT2D eigenvalue weighted by Crippen LogP contribution is 2.32. The van der Waals surface area contributed by atoms with E-state index in [-0.39, 0.29) is 23.6 Å². The number of rotatable bonds is 8. The lowest BCUT2D eigenvalue weighted by molar-refractivity contribution is -0.143. The highest BCUT2D eigenvalue weighted by Gasteiger charge is 2.30. The molecule has 39 heavy (non-hydrogen) atoms. The summed E-state index contributed by atoms with van der Waals surface area (Å²) in [6, 6.07) is 18.6. The Labute approximate surface area is 230 Å². The third kappa shape index (κ3) is 5.32. The Hall–Kier alpha value is -3.96. The molecule has 9 nitrogen and oxygen atoms in total. The van der Waals surface area contributed by atoms with Crippen LogP contribution >= 0.6 is 11.3 Å². The smallest absolute Gasteiger partial charge is 0.326 e. The van der Waals surface area contributed by atoms with Crippen molar-refractivity contribution < 1.29 is 27.5 Å². The van der Waals surface area contributed by atoms with E-state index in [9.17, 15) is 18.0 Å². The Morgan fingerprint density at radius 1 is 1.00 bits per heavy atom. The van der Waals surface area contributed by atoms with Crippen molar-refractivity contribution in [3.05, 3.63) is 82.7 Å². The number of ether oxygens (including phenoxy) is 2. The standard InChI is InChI=1S/C28H27N3O6S2/c1-3-36-21-11-14-24-25(17-21)38-28(30(24)18-26(32)37-4-2)29-27(33)20-9-12-22(13-10-20)39(34,35)31-16-15-19-7-5-6-8-23(19)31/h5-14,17H,3-4,15-16,18H2,1-2H3. The molecule has 11 heteroatoms. The number of amides is 1. The van der Waals surface area contributed by atoms with Gasteiger partial charge < -0.3 is 14.0 Å². The molecule has 0 radical (unpaired) electrons. The molecule has 0 N–H and O–H groups in total. The van der Waals surface area contributed by atoms with Crippen LogP contribution in [-0.4, -0.2) is 44.6 Å². The van der Waals surface area contributed by atoms with Crippen LogP contribution in [0.2, 0.25) is 0 Å². The quantitative estimate of drug-likeness (QED) is 0.297. The van der Waals surface area contributed by atoms with Crippen LogP contribution in [0.5, 0.6) is 5.75 Å². The van der Waals surface area contributed by atoms with Crippen LogP contribution in [0.3, 0.4) is 0 Å².